The van der Waals surface area contributed by atoms with Crippen molar-refractivity contribution in [2.24, 2.45) is 0 Å². The molecule has 1 aliphatic carbocycles. The van der Waals surface area contributed by atoms with E-state index in [1.165, 1.54) is 11.1 Å². The molecular weight excluding hydrogens is 372 g/mol. The van der Waals surface area contributed by atoms with Crippen LogP contribution in [0.25, 0.3) is 11.4 Å². The van der Waals surface area contributed by atoms with Crippen LogP contribution in [0.15, 0.2) is 78.9 Å². The maximum Gasteiger partial charge on any atom is 0.232 e. The quantitative estimate of drug-likeness (QED) is 0.434. The van der Waals surface area contributed by atoms with Crippen LogP contribution in [0, 0.1) is 0 Å². The fourth-order valence-electron chi connectivity index (χ4n) is 3.79. The average Bonchev–Trinajstić information content (AvgIpc) is 3.18. The molecule has 148 valence electrons. The molecule has 4 N–H and O–H groups in total. The number of hydrogen-bond donors (Lipinski definition) is 3. The number of nitrogens with one attached hydrogen (secondary N) is 2. The molecule has 6 nitrogen and oxygen atoms in total. The summed E-state index contributed by atoms with van der Waals surface area (Å²) in [5, 5.41) is 6.74. The smallest absolute Gasteiger partial charge is 0.232 e. The number of nitrogen functional groups attached to an aromatic ring is 1. The van der Waals surface area contributed by atoms with Gasteiger partial charge in [-0.25, -0.2) is 0 Å². The molecule has 0 atom stereocenters. The van der Waals surface area contributed by atoms with Crippen molar-refractivity contribution in [2.75, 3.05) is 16.4 Å². The van der Waals surface area contributed by atoms with Gasteiger partial charge in [-0.15, -0.1) is 0 Å². The van der Waals surface area contributed by atoms with E-state index < -0.39 is 0 Å². The minimum Gasteiger partial charge on any atom is -0.397 e. The lowest BCUT2D eigenvalue weighted by atomic mass is 10.1. The summed E-state index contributed by atoms with van der Waals surface area (Å²) in [4.78, 5) is 13.9. The van der Waals surface area contributed by atoms with Gasteiger partial charge in [-0.2, -0.15) is 15.0 Å². The van der Waals surface area contributed by atoms with E-state index in [0.29, 0.717) is 23.4 Å². The highest BCUT2D eigenvalue weighted by Gasteiger charge is 2.22. The Labute approximate surface area is 175 Å². The molecule has 1 aromatic heterocycles. The molecule has 4 aromatic rings. The van der Waals surface area contributed by atoms with E-state index in [0.717, 1.165) is 24.1 Å². The van der Waals surface area contributed by atoms with E-state index in [-0.39, 0.29) is 6.04 Å². The molecule has 1 heterocycles. The molecule has 0 aliphatic heterocycles. The van der Waals surface area contributed by atoms with Crippen molar-refractivity contribution in [3.05, 3.63) is 90.0 Å². The van der Waals surface area contributed by atoms with E-state index in [9.17, 15) is 0 Å². The van der Waals surface area contributed by atoms with Gasteiger partial charge in [-0.3, -0.25) is 0 Å². The summed E-state index contributed by atoms with van der Waals surface area (Å²) in [6, 6.07) is 26.3. The lowest BCUT2D eigenvalue weighted by Gasteiger charge is -2.15. The number of rotatable bonds is 5. The highest BCUT2D eigenvalue weighted by molar-refractivity contribution is 5.71. The standard InChI is InChI=1S/C24H22N6/c25-20-12-6-7-13-21(20)27-24-29-22(16-8-2-1-3-9-16)28-23(30-24)26-19-14-17-10-4-5-11-18(17)15-19/h1-13,19H,14-15,25H2,(H2,26,27,28,29,30). The van der Waals surface area contributed by atoms with Crippen molar-refractivity contribution >= 4 is 23.3 Å². The Kier molecular flexibility index (Phi) is 4.73. The summed E-state index contributed by atoms with van der Waals surface area (Å²) >= 11 is 0. The number of nitrogens with zero attached hydrogens (tertiary/aromatic N) is 3. The molecule has 0 saturated heterocycles. The number of fused-ring (bicyclic) bond motifs is 1. The molecule has 0 fully saturated rings. The van der Waals surface area contributed by atoms with Gasteiger partial charge in [0.05, 0.1) is 11.4 Å². The summed E-state index contributed by atoms with van der Waals surface area (Å²) < 4.78 is 0. The molecule has 0 unspecified atom stereocenters. The van der Waals surface area contributed by atoms with Crippen molar-refractivity contribution in [2.45, 2.75) is 18.9 Å². The molecule has 0 radical (unpaired) electrons. The van der Waals surface area contributed by atoms with Gasteiger partial charge in [-0.1, -0.05) is 66.7 Å². The molecular formula is C24H22N6. The topological polar surface area (TPSA) is 88.8 Å². The largest absolute Gasteiger partial charge is 0.397 e. The third-order valence-electron chi connectivity index (χ3n) is 5.26. The highest BCUT2D eigenvalue weighted by Crippen LogP contribution is 2.26. The minimum atomic E-state index is 0.253. The van der Waals surface area contributed by atoms with Gasteiger partial charge >= 0.3 is 0 Å². The van der Waals surface area contributed by atoms with Crippen LogP contribution in [0.1, 0.15) is 11.1 Å². The molecule has 0 spiro atoms. The number of aromatic nitrogens is 3. The summed E-state index contributed by atoms with van der Waals surface area (Å²) in [6.45, 7) is 0. The maximum absolute atomic E-state index is 6.09. The molecule has 30 heavy (non-hydrogen) atoms. The first-order valence-electron chi connectivity index (χ1n) is 10.0. The van der Waals surface area contributed by atoms with E-state index in [2.05, 4.69) is 49.9 Å². The Morgan fingerprint density at radius 3 is 2.07 bits per heavy atom. The fraction of sp³-hybridized carbons (Fsp3) is 0.125. The number of para-hydroxylation sites is 2. The lowest BCUT2D eigenvalue weighted by molar-refractivity contribution is 0.760. The van der Waals surface area contributed by atoms with E-state index in [1.807, 2.05) is 54.6 Å². The van der Waals surface area contributed by atoms with Crippen LogP contribution in [-0.4, -0.2) is 21.0 Å². The van der Waals surface area contributed by atoms with Gasteiger partial charge in [0.1, 0.15) is 0 Å². The second-order valence-corrected chi connectivity index (χ2v) is 7.40. The lowest BCUT2D eigenvalue weighted by Crippen LogP contribution is -2.22. The molecule has 0 bridgehead atoms. The first-order chi connectivity index (χ1) is 14.7. The summed E-state index contributed by atoms with van der Waals surface area (Å²) in [5.41, 5.74) is 11.2. The van der Waals surface area contributed by atoms with Crippen LogP contribution in [0.3, 0.4) is 0 Å². The monoisotopic (exact) mass is 394 g/mol. The Balaban J connectivity index is 1.46. The predicted molar refractivity (Wildman–Crippen MR) is 121 cm³/mol. The molecule has 0 saturated carbocycles. The molecule has 1 aliphatic rings. The second-order valence-electron chi connectivity index (χ2n) is 7.40. The third kappa shape index (κ3) is 3.80. The van der Waals surface area contributed by atoms with E-state index in [1.54, 1.807) is 0 Å². The molecule has 6 heteroatoms. The Bertz CT molecular complexity index is 1150. The number of benzene rings is 3. The first-order valence-corrected chi connectivity index (χ1v) is 10.0. The molecule has 3 aromatic carbocycles. The second kappa shape index (κ2) is 7.83. The van der Waals surface area contributed by atoms with E-state index >= 15 is 0 Å². The number of nitrogens with two attached hydrogens (primary N) is 1. The average molecular weight is 394 g/mol. The van der Waals surface area contributed by atoms with Crippen LogP contribution >= 0.6 is 0 Å². The van der Waals surface area contributed by atoms with Crippen molar-refractivity contribution < 1.29 is 0 Å². The highest BCUT2D eigenvalue weighted by atomic mass is 15.2. The maximum atomic E-state index is 6.09. The minimum absolute atomic E-state index is 0.253. The van der Waals surface area contributed by atoms with E-state index in [4.69, 9.17) is 5.73 Å². The zero-order valence-electron chi connectivity index (χ0n) is 16.4. The number of hydrogen-bond acceptors (Lipinski definition) is 6. The van der Waals surface area contributed by atoms with Gasteiger partial charge in [0.2, 0.25) is 11.9 Å². The van der Waals surface area contributed by atoms with Crippen LogP contribution < -0.4 is 16.4 Å². The molecule has 0 amide bonds. The zero-order valence-corrected chi connectivity index (χ0v) is 16.4. The van der Waals surface area contributed by atoms with Crippen molar-refractivity contribution in [1.29, 1.82) is 0 Å². The predicted octanol–water partition coefficient (Wildman–Crippen LogP) is 4.44. The Hall–Kier alpha value is -3.93. The van der Waals surface area contributed by atoms with Crippen LogP contribution in [0.2, 0.25) is 0 Å². The summed E-state index contributed by atoms with van der Waals surface area (Å²) in [6.07, 6.45) is 1.91. The van der Waals surface area contributed by atoms with Gasteiger partial charge in [0.15, 0.2) is 5.82 Å². The third-order valence-corrected chi connectivity index (χ3v) is 5.26. The molecule has 5 rings (SSSR count). The van der Waals surface area contributed by atoms with Crippen molar-refractivity contribution in [3.63, 3.8) is 0 Å². The zero-order chi connectivity index (χ0) is 20.3. The van der Waals surface area contributed by atoms with Gasteiger partial charge < -0.3 is 16.4 Å². The Morgan fingerprint density at radius 2 is 1.33 bits per heavy atom. The Morgan fingerprint density at radius 1 is 0.700 bits per heavy atom. The summed E-state index contributed by atoms with van der Waals surface area (Å²) in [7, 11) is 0. The van der Waals surface area contributed by atoms with Crippen molar-refractivity contribution in [1.82, 2.24) is 15.0 Å². The van der Waals surface area contributed by atoms with Gasteiger partial charge in [0.25, 0.3) is 0 Å². The number of anilines is 4. The van der Waals surface area contributed by atoms with Gasteiger partial charge in [-0.05, 0) is 36.1 Å². The van der Waals surface area contributed by atoms with Crippen LogP contribution in [0.4, 0.5) is 23.3 Å². The first kappa shape index (κ1) is 18.1. The van der Waals surface area contributed by atoms with Gasteiger partial charge in [0, 0.05) is 11.6 Å². The van der Waals surface area contributed by atoms with Crippen LogP contribution in [0.5, 0.6) is 0 Å². The SMILES string of the molecule is Nc1ccccc1Nc1nc(NC2Cc3ccccc3C2)nc(-c2ccccc2)n1. The van der Waals surface area contributed by atoms with Crippen molar-refractivity contribution in [3.8, 4) is 11.4 Å². The fourth-order valence-corrected chi connectivity index (χ4v) is 3.79. The summed E-state index contributed by atoms with van der Waals surface area (Å²) in [5.74, 6) is 1.62. The normalized spacial score (nSPS) is 13.1. The van der Waals surface area contributed by atoms with Crippen LogP contribution in [-0.2, 0) is 12.8 Å².